The van der Waals surface area contributed by atoms with Crippen molar-refractivity contribution >= 4 is 15.5 Å². The highest BCUT2D eigenvalue weighted by molar-refractivity contribution is 7.92. The van der Waals surface area contributed by atoms with Crippen LogP contribution >= 0.6 is 0 Å². The number of phenols is 1. The molecule has 1 N–H and O–H groups in total. The first kappa shape index (κ1) is 25.8. The van der Waals surface area contributed by atoms with Crippen molar-refractivity contribution in [3.63, 3.8) is 0 Å². The van der Waals surface area contributed by atoms with Crippen molar-refractivity contribution in [2.24, 2.45) is 5.92 Å². The number of hydrogen-bond donors (Lipinski definition) is 1. The largest absolute Gasteiger partial charge is 0.507 e. The molecule has 3 rings (SSSR count). The quantitative estimate of drug-likeness (QED) is 0.512. The first-order valence-corrected chi connectivity index (χ1v) is 11.8. The van der Waals surface area contributed by atoms with E-state index in [0.29, 0.717) is 19.1 Å². The number of fused-ring (bicyclic) bond motifs is 1. The minimum atomic E-state index is -5.08. The van der Waals surface area contributed by atoms with Crippen LogP contribution < -0.4 is 4.90 Å². The van der Waals surface area contributed by atoms with Crippen molar-refractivity contribution in [3.8, 4) is 5.75 Å². The Balaban J connectivity index is 2.14. The molecule has 4 nitrogen and oxygen atoms in total. The summed E-state index contributed by atoms with van der Waals surface area (Å²) in [6.45, 7) is 0.0105. The molecular formula is C20H23F8NO3S. The molecule has 2 atom stereocenters. The fourth-order valence-electron chi connectivity index (χ4n) is 4.39. The summed E-state index contributed by atoms with van der Waals surface area (Å²) in [4.78, 5) is 0.179. The zero-order valence-corrected chi connectivity index (χ0v) is 18.3. The molecule has 0 aromatic heterocycles. The number of hydrogen-bond acceptors (Lipinski definition) is 4. The summed E-state index contributed by atoms with van der Waals surface area (Å²) >= 11 is 0. The van der Waals surface area contributed by atoms with Gasteiger partial charge >= 0.3 is 6.18 Å². The summed E-state index contributed by atoms with van der Waals surface area (Å²) in [5, 5.41) is 9.83. The molecule has 1 aromatic rings. The van der Waals surface area contributed by atoms with Crippen LogP contribution in [0.4, 0.5) is 40.8 Å². The molecule has 13 heteroatoms. The number of sulfone groups is 1. The lowest BCUT2D eigenvalue weighted by Gasteiger charge is -2.39. The van der Waals surface area contributed by atoms with Gasteiger partial charge < -0.3 is 10.0 Å². The van der Waals surface area contributed by atoms with Crippen LogP contribution in [-0.2, 0) is 16.0 Å². The van der Waals surface area contributed by atoms with Gasteiger partial charge in [0.15, 0.2) is 0 Å². The van der Waals surface area contributed by atoms with Gasteiger partial charge in [-0.1, -0.05) is 0 Å². The first-order chi connectivity index (χ1) is 14.9. The van der Waals surface area contributed by atoms with E-state index in [1.54, 1.807) is 0 Å². The highest BCUT2D eigenvalue weighted by atomic mass is 32.2. The molecule has 0 spiro atoms. The first-order valence-electron chi connectivity index (χ1n) is 10.3. The van der Waals surface area contributed by atoms with Crippen LogP contribution in [0.1, 0.15) is 51.0 Å². The van der Waals surface area contributed by atoms with Gasteiger partial charge in [-0.25, -0.2) is 30.4 Å². The number of aromatic hydroxyl groups is 1. The molecule has 1 saturated carbocycles. The third kappa shape index (κ3) is 5.48. The van der Waals surface area contributed by atoms with Gasteiger partial charge in [0.1, 0.15) is 5.75 Å². The van der Waals surface area contributed by atoms with E-state index < -0.39 is 99.4 Å². The molecule has 0 radical (unpaired) electrons. The Morgan fingerprint density at radius 1 is 1.12 bits per heavy atom. The smallest absolute Gasteiger partial charge is 0.420 e. The highest BCUT2D eigenvalue weighted by Gasteiger charge is 2.47. The second-order valence-corrected chi connectivity index (χ2v) is 10.8. The molecule has 0 saturated heterocycles. The molecule has 33 heavy (non-hydrogen) atoms. The van der Waals surface area contributed by atoms with Crippen LogP contribution in [0.2, 0.25) is 0 Å². The van der Waals surface area contributed by atoms with E-state index in [0.717, 1.165) is 4.90 Å². The van der Waals surface area contributed by atoms with Crippen molar-refractivity contribution in [1.29, 1.82) is 0 Å². The molecule has 1 heterocycles. The van der Waals surface area contributed by atoms with E-state index in [4.69, 9.17) is 0 Å². The minimum absolute atomic E-state index is 0.220. The van der Waals surface area contributed by atoms with Gasteiger partial charge in [0.05, 0.1) is 16.1 Å². The lowest BCUT2D eigenvalue weighted by Crippen LogP contribution is -2.44. The molecular weight excluding hydrogens is 486 g/mol. The maximum absolute atomic E-state index is 15.2. The van der Waals surface area contributed by atoms with Crippen LogP contribution in [-0.4, -0.2) is 43.5 Å². The number of nitrogens with zero attached hydrogens (tertiary/aromatic N) is 1. The predicted octanol–water partition coefficient (Wildman–Crippen LogP) is 5.93. The van der Waals surface area contributed by atoms with E-state index in [-0.39, 0.29) is 12.8 Å². The van der Waals surface area contributed by atoms with Gasteiger partial charge in [-0.3, -0.25) is 0 Å². The molecule has 1 aliphatic carbocycles. The zero-order chi connectivity index (χ0) is 25.0. The van der Waals surface area contributed by atoms with E-state index in [1.807, 2.05) is 0 Å². The van der Waals surface area contributed by atoms with E-state index in [1.165, 1.54) is 0 Å². The monoisotopic (exact) mass is 509 g/mol. The number of halogens is 8. The Kier molecular flexibility index (Phi) is 6.62. The standard InChI is InChI=1S/C20H23F8NO3S/c1-18(22,23)5-2-11-10-29(12-3-6-19(24,25)7-4-12)14-8-13(20(26,27)28)15(30)9-16(14)33(31,32)17(11)21/h8-9,11-12,17,30H,2-7,10H2,1H3/t11-,17+/m0/s1. The van der Waals surface area contributed by atoms with Gasteiger partial charge in [-0.2, -0.15) is 13.2 Å². The van der Waals surface area contributed by atoms with Gasteiger partial charge in [0.25, 0.3) is 0 Å². The van der Waals surface area contributed by atoms with Crippen LogP contribution in [0, 0.1) is 5.92 Å². The third-order valence-electron chi connectivity index (χ3n) is 6.18. The SMILES string of the molecule is CC(F)(F)CC[C@H]1CN(C2CCC(F)(F)CC2)c2cc(C(F)(F)F)c(O)cc2S(=O)(=O)[C@H]1F. The zero-order valence-electron chi connectivity index (χ0n) is 17.5. The summed E-state index contributed by atoms with van der Waals surface area (Å²) in [7, 11) is -4.98. The lowest BCUT2D eigenvalue weighted by atomic mass is 9.89. The van der Waals surface area contributed by atoms with E-state index in [9.17, 15) is 44.3 Å². The van der Waals surface area contributed by atoms with Crippen molar-refractivity contribution < 1.29 is 48.6 Å². The van der Waals surface area contributed by atoms with Crippen LogP contribution in [0.15, 0.2) is 17.0 Å². The predicted molar refractivity (Wildman–Crippen MR) is 103 cm³/mol. The number of phenolic OH excluding ortho intramolecular Hbond substituents is 1. The van der Waals surface area contributed by atoms with E-state index >= 15 is 4.39 Å². The Hall–Kier alpha value is -1.79. The normalized spacial score (nSPS) is 26.0. The summed E-state index contributed by atoms with van der Waals surface area (Å²) < 4.78 is 135. The molecule has 1 aromatic carbocycles. The summed E-state index contributed by atoms with van der Waals surface area (Å²) in [6.07, 6.45) is -8.23. The molecule has 1 aliphatic heterocycles. The Bertz CT molecular complexity index is 980. The van der Waals surface area contributed by atoms with Gasteiger partial charge in [-0.05, 0) is 32.3 Å². The number of alkyl halides is 8. The maximum Gasteiger partial charge on any atom is 0.420 e. The Morgan fingerprint density at radius 2 is 1.70 bits per heavy atom. The minimum Gasteiger partial charge on any atom is -0.507 e. The lowest BCUT2D eigenvalue weighted by molar-refractivity contribution is -0.138. The topological polar surface area (TPSA) is 57.6 Å². The van der Waals surface area contributed by atoms with Crippen molar-refractivity contribution in [2.75, 3.05) is 11.4 Å². The summed E-state index contributed by atoms with van der Waals surface area (Å²) in [5.41, 5.74) is -4.88. The molecule has 0 bridgehead atoms. The van der Waals surface area contributed by atoms with Crippen molar-refractivity contribution in [1.82, 2.24) is 0 Å². The molecule has 188 valence electrons. The van der Waals surface area contributed by atoms with Crippen molar-refractivity contribution in [3.05, 3.63) is 17.7 Å². The molecule has 2 aliphatic rings. The van der Waals surface area contributed by atoms with Gasteiger partial charge in [0.2, 0.25) is 27.2 Å². The van der Waals surface area contributed by atoms with Crippen LogP contribution in [0.3, 0.4) is 0 Å². The second-order valence-electron chi connectivity index (χ2n) is 8.84. The molecule has 0 unspecified atom stereocenters. The summed E-state index contributed by atoms with van der Waals surface area (Å²) in [6, 6.07) is -0.209. The van der Waals surface area contributed by atoms with E-state index in [2.05, 4.69) is 0 Å². The second kappa shape index (κ2) is 8.46. The summed E-state index contributed by atoms with van der Waals surface area (Å²) in [5.74, 6) is -9.24. The highest BCUT2D eigenvalue weighted by Crippen LogP contribution is 2.47. The number of rotatable bonds is 4. The average Bonchev–Trinajstić information content (AvgIpc) is 2.73. The Labute approximate surface area is 185 Å². The molecule has 0 amide bonds. The molecule has 1 fully saturated rings. The van der Waals surface area contributed by atoms with Crippen LogP contribution in [0.5, 0.6) is 5.75 Å². The number of benzene rings is 1. The third-order valence-corrected chi connectivity index (χ3v) is 8.10. The fraction of sp³-hybridized carbons (Fsp3) is 0.700. The fourth-order valence-corrected chi connectivity index (χ4v) is 6.10. The van der Waals surface area contributed by atoms with Crippen molar-refractivity contribution in [2.45, 2.75) is 79.9 Å². The average molecular weight is 509 g/mol. The van der Waals surface area contributed by atoms with Gasteiger partial charge in [-0.15, -0.1) is 0 Å². The van der Waals surface area contributed by atoms with Crippen LogP contribution in [0.25, 0.3) is 0 Å². The Morgan fingerprint density at radius 3 is 2.21 bits per heavy atom. The number of anilines is 1. The van der Waals surface area contributed by atoms with Gasteiger partial charge in [0, 0.05) is 43.8 Å². The maximum atomic E-state index is 15.2.